The number of rotatable bonds is 5. The SMILES string of the molecule is NC(=O)C(OCC(=O)O)c1ccccc1. The Kier molecular flexibility index (Phi) is 3.82. The van der Waals surface area contributed by atoms with Crippen molar-refractivity contribution in [1.29, 1.82) is 0 Å². The molecule has 80 valence electrons. The minimum atomic E-state index is -1.14. The summed E-state index contributed by atoms with van der Waals surface area (Å²) >= 11 is 0. The van der Waals surface area contributed by atoms with Gasteiger partial charge in [0.1, 0.15) is 6.61 Å². The van der Waals surface area contributed by atoms with Crippen molar-refractivity contribution in [1.82, 2.24) is 0 Å². The number of benzene rings is 1. The monoisotopic (exact) mass is 209 g/mol. The third-order valence-electron chi connectivity index (χ3n) is 1.73. The number of ether oxygens (including phenoxy) is 1. The fraction of sp³-hybridized carbons (Fsp3) is 0.200. The summed E-state index contributed by atoms with van der Waals surface area (Å²) in [6.45, 7) is -0.553. The summed E-state index contributed by atoms with van der Waals surface area (Å²) < 4.78 is 4.88. The lowest BCUT2D eigenvalue weighted by Gasteiger charge is -2.13. The minimum absolute atomic E-state index is 0.547. The molecule has 5 nitrogen and oxygen atoms in total. The summed E-state index contributed by atoms with van der Waals surface area (Å²) in [5.74, 6) is -1.85. The van der Waals surface area contributed by atoms with Gasteiger partial charge in [-0.15, -0.1) is 0 Å². The molecule has 0 aliphatic carbocycles. The molecule has 1 aromatic carbocycles. The van der Waals surface area contributed by atoms with Crippen LogP contribution in [-0.4, -0.2) is 23.6 Å². The van der Waals surface area contributed by atoms with Crippen molar-refractivity contribution >= 4 is 11.9 Å². The van der Waals surface area contributed by atoms with Gasteiger partial charge < -0.3 is 15.6 Å². The highest BCUT2D eigenvalue weighted by atomic mass is 16.5. The Morgan fingerprint density at radius 3 is 2.40 bits per heavy atom. The van der Waals surface area contributed by atoms with E-state index in [1.807, 2.05) is 0 Å². The Bertz CT molecular complexity index is 350. The summed E-state index contributed by atoms with van der Waals surface area (Å²) in [6, 6.07) is 8.51. The molecule has 15 heavy (non-hydrogen) atoms. The largest absolute Gasteiger partial charge is 0.480 e. The van der Waals surface area contributed by atoms with Crippen LogP contribution in [0.15, 0.2) is 30.3 Å². The molecule has 3 N–H and O–H groups in total. The van der Waals surface area contributed by atoms with Gasteiger partial charge in [0.25, 0.3) is 5.91 Å². The smallest absolute Gasteiger partial charge is 0.329 e. The number of primary amides is 1. The fourth-order valence-electron chi connectivity index (χ4n) is 1.13. The van der Waals surface area contributed by atoms with Gasteiger partial charge in [0.15, 0.2) is 6.10 Å². The lowest BCUT2D eigenvalue weighted by molar-refractivity contribution is -0.147. The van der Waals surface area contributed by atoms with Crippen LogP contribution in [0, 0.1) is 0 Å². The number of hydrogen-bond donors (Lipinski definition) is 2. The quantitative estimate of drug-likeness (QED) is 0.730. The highest BCUT2D eigenvalue weighted by Gasteiger charge is 2.19. The molecule has 0 aliphatic rings. The minimum Gasteiger partial charge on any atom is -0.480 e. The maximum absolute atomic E-state index is 11.0. The van der Waals surface area contributed by atoms with Gasteiger partial charge in [-0.3, -0.25) is 4.79 Å². The number of amides is 1. The predicted molar refractivity (Wildman–Crippen MR) is 52.0 cm³/mol. The average molecular weight is 209 g/mol. The van der Waals surface area contributed by atoms with Crippen LogP contribution in [0.25, 0.3) is 0 Å². The first-order valence-corrected chi connectivity index (χ1v) is 4.29. The molecule has 0 aliphatic heterocycles. The van der Waals surface area contributed by atoms with E-state index in [1.54, 1.807) is 30.3 Å². The number of hydrogen-bond acceptors (Lipinski definition) is 3. The van der Waals surface area contributed by atoms with Crippen molar-refractivity contribution in [3.05, 3.63) is 35.9 Å². The number of aliphatic carboxylic acids is 1. The number of carbonyl (C=O) groups excluding carboxylic acids is 1. The van der Waals surface area contributed by atoms with Gasteiger partial charge in [-0.1, -0.05) is 30.3 Å². The van der Waals surface area contributed by atoms with E-state index in [4.69, 9.17) is 15.6 Å². The molecule has 1 atom stereocenters. The molecular weight excluding hydrogens is 198 g/mol. The number of nitrogens with two attached hydrogens (primary N) is 1. The maximum Gasteiger partial charge on any atom is 0.329 e. The molecule has 1 amide bonds. The Hall–Kier alpha value is -1.88. The van der Waals surface area contributed by atoms with E-state index in [1.165, 1.54) is 0 Å². The normalized spacial score (nSPS) is 12.0. The Balaban J connectivity index is 2.75. The molecule has 0 aromatic heterocycles. The first-order valence-electron chi connectivity index (χ1n) is 4.29. The van der Waals surface area contributed by atoms with E-state index in [0.717, 1.165) is 0 Å². The Morgan fingerprint density at radius 2 is 1.93 bits per heavy atom. The molecule has 0 spiro atoms. The lowest BCUT2D eigenvalue weighted by atomic mass is 10.1. The fourth-order valence-corrected chi connectivity index (χ4v) is 1.13. The Labute approximate surface area is 86.5 Å². The molecule has 0 radical (unpaired) electrons. The molecule has 1 rings (SSSR count). The van der Waals surface area contributed by atoms with Crippen LogP contribution < -0.4 is 5.73 Å². The standard InChI is InChI=1S/C10H11NO4/c11-10(14)9(15-6-8(12)13)7-4-2-1-3-5-7/h1-5,9H,6H2,(H2,11,14)(H,12,13). The van der Waals surface area contributed by atoms with Crippen LogP contribution in [0.2, 0.25) is 0 Å². The molecule has 0 saturated heterocycles. The predicted octanol–water partition coefficient (Wildman–Crippen LogP) is 0.314. The lowest BCUT2D eigenvalue weighted by Crippen LogP contribution is -2.25. The topological polar surface area (TPSA) is 89.6 Å². The van der Waals surface area contributed by atoms with E-state index in [9.17, 15) is 9.59 Å². The van der Waals surface area contributed by atoms with Crippen LogP contribution in [0.5, 0.6) is 0 Å². The van der Waals surface area contributed by atoms with Crippen molar-refractivity contribution in [2.75, 3.05) is 6.61 Å². The Morgan fingerprint density at radius 1 is 1.33 bits per heavy atom. The zero-order chi connectivity index (χ0) is 11.3. The summed E-state index contributed by atoms with van der Waals surface area (Å²) in [7, 11) is 0. The first kappa shape index (κ1) is 11.2. The van der Waals surface area contributed by atoms with E-state index >= 15 is 0 Å². The molecule has 1 aromatic rings. The van der Waals surface area contributed by atoms with Crippen molar-refractivity contribution < 1.29 is 19.4 Å². The maximum atomic E-state index is 11.0. The highest BCUT2D eigenvalue weighted by molar-refractivity contribution is 5.80. The van der Waals surface area contributed by atoms with E-state index in [2.05, 4.69) is 0 Å². The summed E-state index contributed by atoms with van der Waals surface area (Å²) in [5.41, 5.74) is 5.65. The second-order valence-corrected chi connectivity index (χ2v) is 2.90. The molecule has 0 heterocycles. The van der Waals surface area contributed by atoms with Crippen LogP contribution in [-0.2, 0) is 14.3 Å². The second kappa shape index (κ2) is 5.11. The van der Waals surface area contributed by atoms with Gasteiger partial charge in [0.05, 0.1) is 0 Å². The summed E-state index contributed by atoms with van der Waals surface area (Å²) in [4.78, 5) is 21.3. The van der Waals surface area contributed by atoms with Gasteiger partial charge in [-0.05, 0) is 5.56 Å². The van der Waals surface area contributed by atoms with E-state index < -0.39 is 24.6 Å². The summed E-state index contributed by atoms with van der Waals surface area (Å²) in [6.07, 6.45) is -1.01. The number of carboxylic acids is 1. The summed E-state index contributed by atoms with van der Waals surface area (Å²) in [5, 5.41) is 8.41. The third-order valence-corrected chi connectivity index (χ3v) is 1.73. The van der Waals surface area contributed by atoms with Gasteiger partial charge in [0.2, 0.25) is 0 Å². The van der Waals surface area contributed by atoms with Crippen LogP contribution in [0.4, 0.5) is 0 Å². The first-order chi connectivity index (χ1) is 7.11. The van der Waals surface area contributed by atoms with E-state index in [-0.39, 0.29) is 0 Å². The third kappa shape index (κ3) is 3.40. The zero-order valence-electron chi connectivity index (χ0n) is 7.92. The average Bonchev–Trinajstić information content (AvgIpc) is 2.18. The van der Waals surface area contributed by atoms with Crippen LogP contribution >= 0.6 is 0 Å². The number of carbonyl (C=O) groups is 2. The van der Waals surface area contributed by atoms with Crippen LogP contribution in [0.1, 0.15) is 11.7 Å². The van der Waals surface area contributed by atoms with Gasteiger partial charge >= 0.3 is 5.97 Å². The molecule has 1 unspecified atom stereocenters. The number of carboxylic acid groups (broad SMARTS) is 1. The second-order valence-electron chi connectivity index (χ2n) is 2.90. The van der Waals surface area contributed by atoms with Gasteiger partial charge in [-0.2, -0.15) is 0 Å². The van der Waals surface area contributed by atoms with Crippen molar-refractivity contribution in [3.8, 4) is 0 Å². The molecular formula is C10H11NO4. The zero-order valence-corrected chi connectivity index (χ0v) is 7.92. The van der Waals surface area contributed by atoms with Crippen molar-refractivity contribution in [3.63, 3.8) is 0 Å². The van der Waals surface area contributed by atoms with E-state index in [0.29, 0.717) is 5.56 Å². The molecule has 0 fully saturated rings. The highest BCUT2D eigenvalue weighted by Crippen LogP contribution is 2.15. The molecule has 5 heteroatoms. The van der Waals surface area contributed by atoms with Crippen molar-refractivity contribution in [2.45, 2.75) is 6.10 Å². The van der Waals surface area contributed by atoms with Crippen molar-refractivity contribution in [2.24, 2.45) is 5.73 Å². The molecule has 0 saturated carbocycles. The van der Waals surface area contributed by atoms with Gasteiger partial charge in [0, 0.05) is 0 Å². The van der Waals surface area contributed by atoms with Gasteiger partial charge in [-0.25, -0.2) is 4.79 Å². The molecule has 0 bridgehead atoms. The van der Waals surface area contributed by atoms with Crippen LogP contribution in [0.3, 0.4) is 0 Å².